The molecule has 2 aromatic carbocycles. The monoisotopic (exact) mass is 252 g/mol. The van der Waals surface area contributed by atoms with Gasteiger partial charge in [-0.2, -0.15) is 0 Å². The van der Waals surface area contributed by atoms with E-state index in [-0.39, 0.29) is 0 Å². The van der Waals surface area contributed by atoms with Gasteiger partial charge in [-0.05, 0) is 49.3 Å². The van der Waals surface area contributed by atoms with Gasteiger partial charge in [0, 0.05) is 0 Å². The molecule has 0 aliphatic heterocycles. The lowest BCUT2D eigenvalue weighted by atomic mass is 9.91. The van der Waals surface area contributed by atoms with E-state index in [2.05, 4.69) is 70.2 Å². The molecular weight excluding hydrogens is 228 g/mol. The molecule has 0 spiro atoms. The summed E-state index contributed by atoms with van der Waals surface area (Å²) in [5, 5.41) is 0. The van der Waals surface area contributed by atoms with Crippen LogP contribution in [0.5, 0.6) is 0 Å². The Bertz CT molecular complexity index is 534. The molecule has 0 fully saturated rings. The van der Waals surface area contributed by atoms with Crippen molar-refractivity contribution >= 4 is 0 Å². The smallest absolute Gasteiger partial charge is 0.0150 e. The summed E-state index contributed by atoms with van der Waals surface area (Å²) in [5.74, 6) is 0.576. The SMILES string of the molecule is CCc1cc(C)cc(CC(C)c2ccc(C)cc2)c1. The highest BCUT2D eigenvalue weighted by Crippen LogP contribution is 2.22. The molecule has 0 nitrogen and oxygen atoms in total. The van der Waals surface area contributed by atoms with Crippen molar-refractivity contribution in [1.82, 2.24) is 0 Å². The number of hydrogen-bond donors (Lipinski definition) is 0. The maximum Gasteiger partial charge on any atom is -0.0150 e. The van der Waals surface area contributed by atoms with Crippen molar-refractivity contribution < 1.29 is 0 Å². The van der Waals surface area contributed by atoms with Gasteiger partial charge in [0.05, 0.1) is 0 Å². The Morgan fingerprint density at radius 3 is 2.11 bits per heavy atom. The summed E-state index contributed by atoms with van der Waals surface area (Å²) >= 11 is 0. The Kier molecular flexibility index (Phi) is 4.42. The standard InChI is InChI=1S/C19H24/c1-5-17-10-15(3)11-18(13-17)12-16(4)19-8-6-14(2)7-9-19/h6-11,13,16H,5,12H2,1-4H3. The molecule has 2 aromatic rings. The van der Waals surface area contributed by atoms with E-state index in [0.717, 1.165) is 12.8 Å². The molecule has 0 aliphatic rings. The molecule has 0 saturated carbocycles. The van der Waals surface area contributed by atoms with E-state index in [1.165, 1.54) is 27.8 Å². The molecular formula is C19H24. The fourth-order valence-electron chi connectivity index (χ4n) is 2.64. The van der Waals surface area contributed by atoms with Crippen LogP contribution in [0.25, 0.3) is 0 Å². The molecule has 1 unspecified atom stereocenters. The highest BCUT2D eigenvalue weighted by molar-refractivity contribution is 5.32. The van der Waals surface area contributed by atoms with Gasteiger partial charge in [-0.1, -0.05) is 67.4 Å². The Morgan fingerprint density at radius 2 is 1.47 bits per heavy atom. The van der Waals surface area contributed by atoms with Crippen LogP contribution < -0.4 is 0 Å². The van der Waals surface area contributed by atoms with Crippen LogP contribution >= 0.6 is 0 Å². The molecule has 0 amide bonds. The summed E-state index contributed by atoms with van der Waals surface area (Å²) in [7, 11) is 0. The van der Waals surface area contributed by atoms with Crippen molar-refractivity contribution in [2.24, 2.45) is 0 Å². The zero-order chi connectivity index (χ0) is 13.8. The van der Waals surface area contributed by atoms with Crippen LogP contribution in [0.15, 0.2) is 42.5 Å². The van der Waals surface area contributed by atoms with E-state index in [9.17, 15) is 0 Å². The number of rotatable bonds is 4. The second-order valence-electron chi connectivity index (χ2n) is 5.70. The van der Waals surface area contributed by atoms with Crippen molar-refractivity contribution in [3.8, 4) is 0 Å². The summed E-state index contributed by atoms with van der Waals surface area (Å²) in [5.41, 5.74) is 7.06. The quantitative estimate of drug-likeness (QED) is 0.700. The van der Waals surface area contributed by atoms with Crippen molar-refractivity contribution in [3.63, 3.8) is 0 Å². The third-order valence-corrected chi connectivity index (χ3v) is 3.79. The third-order valence-electron chi connectivity index (χ3n) is 3.79. The predicted molar refractivity (Wildman–Crippen MR) is 83.9 cm³/mol. The minimum absolute atomic E-state index is 0.576. The predicted octanol–water partition coefficient (Wildman–Crippen LogP) is 5.21. The van der Waals surface area contributed by atoms with Gasteiger partial charge in [0.2, 0.25) is 0 Å². The molecule has 19 heavy (non-hydrogen) atoms. The Morgan fingerprint density at radius 1 is 0.842 bits per heavy atom. The van der Waals surface area contributed by atoms with Crippen LogP contribution in [-0.2, 0) is 12.8 Å². The lowest BCUT2D eigenvalue weighted by Crippen LogP contribution is -2.00. The number of aryl methyl sites for hydroxylation is 3. The Labute approximate surface area is 117 Å². The third kappa shape index (κ3) is 3.70. The second-order valence-corrected chi connectivity index (χ2v) is 5.70. The van der Waals surface area contributed by atoms with Gasteiger partial charge in [0.15, 0.2) is 0 Å². The minimum Gasteiger partial charge on any atom is -0.0613 e. The molecule has 0 bridgehead atoms. The zero-order valence-corrected chi connectivity index (χ0v) is 12.5. The molecule has 0 heterocycles. The Balaban J connectivity index is 2.16. The summed E-state index contributed by atoms with van der Waals surface area (Å²) in [6.07, 6.45) is 2.24. The van der Waals surface area contributed by atoms with E-state index < -0.39 is 0 Å². The first kappa shape index (κ1) is 13.9. The van der Waals surface area contributed by atoms with Crippen molar-refractivity contribution in [2.45, 2.75) is 46.5 Å². The minimum atomic E-state index is 0.576. The molecule has 0 aliphatic carbocycles. The van der Waals surface area contributed by atoms with Crippen molar-refractivity contribution in [3.05, 3.63) is 70.3 Å². The molecule has 1 atom stereocenters. The van der Waals surface area contributed by atoms with Gasteiger partial charge < -0.3 is 0 Å². The second kappa shape index (κ2) is 6.06. The van der Waals surface area contributed by atoms with Crippen LogP contribution in [0.4, 0.5) is 0 Å². The molecule has 0 N–H and O–H groups in total. The van der Waals surface area contributed by atoms with E-state index in [1.807, 2.05) is 0 Å². The van der Waals surface area contributed by atoms with Gasteiger partial charge >= 0.3 is 0 Å². The van der Waals surface area contributed by atoms with Gasteiger partial charge in [-0.3, -0.25) is 0 Å². The normalized spacial score (nSPS) is 12.4. The molecule has 2 rings (SSSR count). The van der Waals surface area contributed by atoms with Crippen LogP contribution in [0.1, 0.15) is 47.6 Å². The van der Waals surface area contributed by atoms with Gasteiger partial charge in [0.25, 0.3) is 0 Å². The fraction of sp³-hybridized carbons (Fsp3) is 0.368. The van der Waals surface area contributed by atoms with Gasteiger partial charge in [-0.15, -0.1) is 0 Å². The fourth-order valence-corrected chi connectivity index (χ4v) is 2.64. The largest absolute Gasteiger partial charge is 0.0613 e. The molecule has 0 aromatic heterocycles. The molecule has 100 valence electrons. The first-order valence-electron chi connectivity index (χ1n) is 7.24. The highest BCUT2D eigenvalue weighted by atomic mass is 14.1. The van der Waals surface area contributed by atoms with E-state index >= 15 is 0 Å². The average Bonchev–Trinajstić information content (AvgIpc) is 2.38. The summed E-state index contributed by atoms with van der Waals surface area (Å²) < 4.78 is 0. The zero-order valence-electron chi connectivity index (χ0n) is 12.5. The highest BCUT2D eigenvalue weighted by Gasteiger charge is 2.07. The van der Waals surface area contributed by atoms with Gasteiger partial charge in [0.1, 0.15) is 0 Å². The topological polar surface area (TPSA) is 0 Å². The van der Waals surface area contributed by atoms with Crippen LogP contribution in [0, 0.1) is 13.8 Å². The lowest BCUT2D eigenvalue weighted by Gasteiger charge is -2.14. The van der Waals surface area contributed by atoms with Crippen molar-refractivity contribution in [1.29, 1.82) is 0 Å². The number of benzene rings is 2. The lowest BCUT2D eigenvalue weighted by molar-refractivity contribution is 0.757. The van der Waals surface area contributed by atoms with Crippen LogP contribution in [0.3, 0.4) is 0 Å². The van der Waals surface area contributed by atoms with Crippen LogP contribution in [-0.4, -0.2) is 0 Å². The van der Waals surface area contributed by atoms with Crippen LogP contribution in [0.2, 0.25) is 0 Å². The maximum absolute atomic E-state index is 2.36. The summed E-state index contributed by atoms with van der Waals surface area (Å²) in [4.78, 5) is 0. The van der Waals surface area contributed by atoms with E-state index in [0.29, 0.717) is 5.92 Å². The van der Waals surface area contributed by atoms with E-state index in [4.69, 9.17) is 0 Å². The number of hydrogen-bond acceptors (Lipinski definition) is 0. The van der Waals surface area contributed by atoms with Gasteiger partial charge in [-0.25, -0.2) is 0 Å². The first-order chi connectivity index (χ1) is 9.08. The molecule has 0 saturated heterocycles. The van der Waals surface area contributed by atoms with E-state index in [1.54, 1.807) is 0 Å². The first-order valence-corrected chi connectivity index (χ1v) is 7.24. The average molecular weight is 252 g/mol. The molecule has 0 heteroatoms. The van der Waals surface area contributed by atoms with Crippen molar-refractivity contribution in [2.75, 3.05) is 0 Å². The maximum atomic E-state index is 2.36. The summed E-state index contributed by atoms with van der Waals surface area (Å²) in [6, 6.07) is 15.9. The molecule has 0 radical (unpaired) electrons. The Hall–Kier alpha value is -1.56. The summed E-state index contributed by atoms with van der Waals surface area (Å²) in [6.45, 7) is 8.88.